The van der Waals surface area contributed by atoms with Gasteiger partial charge in [-0.2, -0.15) is 0 Å². The highest BCUT2D eigenvalue weighted by molar-refractivity contribution is 5.94. The molecule has 0 aliphatic heterocycles. The van der Waals surface area contributed by atoms with Gasteiger partial charge in [0.15, 0.2) is 0 Å². The zero-order valence-corrected chi connectivity index (χ0v) is 12.5. The van der Waals surface area contributed by atoms with E-state index in [1.54, 1.807) is 0 Å². The monoisotopic (exact) mass is 295 g/mol. The highest BCUT2D eigenvalue weighted by Gasteiger charge is 2.15. The lowest BCUT2D eigenvalue weighted by molar-refractivity contribution is -0.384. The summed E-state index contributed by atoms with van der Waals surface area (Å²) in [4.78, 5) is 23.5. The average molecular weight is 295 g/mol. The van der Waals surface area contributed by atoms with Crippen molar-refractivity contribution >= 4 is 17.3 Å². The van der Waals surface area contributed by atoms with Gasteiger partial charge in [0, 0.05) is 31.3 Å². The fraction of sp³-hybridized carbons (Fsp3) is 0.500. The van der Waals surface area contributed by atoms with Crippen LogP contribution in [0.2, 0.25) is 0 Å². The van der Waals surface area contributed by atoms with Crippen molar-refractivity contribution in [2.45, 2.75) is 26.3 Å². The van der Waals surface area contributed by atoms with Crippen LogP contribution in [0.3, 0.4) is 0 Å². The molecule has 0 radical (unpaired) electrons. The second-order valence-corrected chi connectivity index (χ2v) is 4.96. The lowest BCUT2D eigenvalue weighted by Gasteiger charge is -2.23. The van der Waals surface area contributed by atoms with Crippen LogP contribution in [0.15, 0.2) is 18.2 Å². The van der Waals surface area contributed by atoms with Crippen LogP contribution in [0.1, 0.15) is 30.6 Å². The number of rotatable bonds is 8. The Labute approximate surface area is 123 Å². The zero-order chi connectivity index (χ0) is 16.0. The largest absolute Gasteiger partial charge is 0.478 e. The molecule has 1 atom stereocenters. The molecule has 1 aromatic rings. The molecule has 0 fully saturated rings. The Morgan fingerprint density at radius 1 is 1.52 bits per heavy atom. The molecular formula is C14H21N3O4. The van der Waals surface area contributed by atoms with E-state index in [9.17, 15) is 14.9 Å². The number of anilines is 1. The maximum atomic E-state index is 11.1. The summed E-state index contributed by atoms with van der Waals surface area (Å²) in [5.74, 6) is -1.11. The molecule has 0 saturated heterocycles. The predicted molar refractivity (Wildman–Crippen MR) is 80.9 cm³/mol. The Morgan fingerprint density at radius 3 is 2.71 bits per heavy atom. The molecule has 116 valence electrons. The number of non-ortho nitro benzene ring substituents is 1. The van der Waals surface area contributed by atoms with Gasteiger partial charge >= 0.3 is 5.97 Å². The predicted octanol–water partition coefficient (Wildman–Crippen LogP) is 2.44. The SMILES string of the molecule is CCC(C)N(C)CCNc1cc([N+](=O)[O-])ccc1C(=O)O. The summed E-state index contributed by atoms with van der Waals surface area (Å²) in [6.07, 6.45) is 1.02. The molecule has 0 aliphatic rings. The third-order valence-electron chi connectivity index (χ3n) is 3.57. The molecule has 1 unspecified atom stereocenters. The van der Waals surface area contributed by atoms with E-state index in [1.807, 2.05) is 7.05 Å². The Balaban J connectivity index is 2.78. The summed E-state index contributed by atoms with van der Waals surface area (Å²) in [6, 6.07) is 4.13. The van der Waals surface area contributed by atoms with Crippen LogP contribution in [-0.4, -0.2) is 47.1 Å². The van der Waals surface area contributed by atoms with Crippen LogP contribution in [0.5, 0.6) is 0 Å². The van der Waals surface area contributed by atoms with Gasteiger partial charge in [-0.3, -0.25) is 10.1 Å². The van der Waals surface area contributed by atoms with Gasteiger partial charge in [-0.1, -0.05) is 6.92 Å². The molecule has 0 saturated carbocycles. The number of benzene rings is 1. The number of hydrogen-bond acceptors (Lipinski definition) is 5. The molecule has 7 heteroatoms. The number of likely N-dealkylation sites (N-methyl/N-ethyl adjacent to an activating group) is 1. The molecule has 0 bridgehead atoms. The molecule has 0 amide bonds. The van der Waals surface area contributed by atoms with E-state index in [4.69, 9.17) is 5.11 Å². The minimum Gasteiger partial charge on any atom is -0.478 e. The highest BCUT2D eigenvalue weighted by atomic mass is 16.6. The van der Waals surface area contributed by atoms with Crippen molar-refractivity contribution in [2.24, 2.45) is 0 Å². The number of nitrogens with one attached hydrogen (secondary N) is 1. The van der Waals surface area contributed by atoms with Crippen LogP contribution < -0.4 is 5.32 Å². The van der Waals surface area contributed by atoms with Crippen molar-refractivity contribution < 1.29 is 14.8 Å². The number of carboxylic acids is 1. The molecule has 7 nitrogen and oxygen atoms in total. The summed E-state index contributed by atoms with van der Waals surface area (Å²) in [7, 11) is 1.99. The molecule has 21 heavy (non-hydrogen) atoms. The van der Waals surface area contributed by atoms with Crippen molar-refractivity contribution in [3.63, 3.8) is 0 Å². The smallest absolute Gasteiger partial charge is 0.337 e. The summed E-state index contributed by atoms with van der Waals surface area (Å²) >= 11 is 0. The number of nitro groups is 1. The number of nitrogens with zero attached hydrogens (tertiary/aromatic N) is 2. The Kier molecular flexibility index (Phi) is 6.10. The minimum atomic E-state index is -1.11. The first-order chi connectivity index (χ1) is 9.86. The van der Waals surface area contributed by atoms with Gasteiger partial charge in [0.25, 0.3) is 5.69 Å². The summed E-state index contributed by atoms with van der Waals surface area (Å²) in [6.45, 7) is 5.44. The van der Waals surface area contributed by atoms with Crippen LogP contribution in [0.4, 0.5) is 11.4 Å². The van der Waals surface area contributed by atoms with Gasteiger partial charge in [-0.05, 0) is 26.5 Å². The van der Waals surface area contributed by atoms with Gasteiger partial charge in [0.2, 0.25) is 0 Å². The quantitative estimate of drug-likeness (QED) is 0.565. The van der Waals surface area contributed by atoms with E-state index >= 15 is 0 Å². The van der Waals surface area contributed by atoms with Crippen LogP contribution in [0, 0.1) is 10.1 Å². The number of nitro benzene ring substituents is 1. The second-order valence-electron chi connectivity index (χ2n) is 4.96. The number of carboxylic acid groups (broad SMARTS) is 1. The van der Waals surface area contributed by atoms with Crippen LogP contribution in [0.25, 0.3) is 0 Å². The third kappa shape index (κ3) is 4.71. The summed E-state index contributed by atoms with van der Waals surface area (Å²) < 4.78 is 0. The van der Waals surface area contributed by atoms with Gasteiger partial charge < -0.3 is 15.3 Å². The van der Waals surface area contributed by atoms with E-state index in [2.05, 4.69) is 24.1 Å². The number of hydrogen-bond donors (Lipinski definition) is 2. The van der Waals surface area contributed by atoms with E-state index in [1.165, 1.54) is 18.2 Å². The highest BCUT2D eigenvalue weighted by Crippen LogP contribution is 2.22. The van der Waals surface area contributed by atoms with Crippen LogP contribution >= 0.6 is 0 Å². The first-order valence-electron chi connectivity index (χ1n) is 6.82. The molecular weight excluding hydrogens is 274 g/mol. The van der Waals surface area contributed by atoms with E-state index < -0.39 is 10.9 Å². The van der Waals surface area contributed by atoms with Gasteiger partial charge in [0.1, 0.15) is 0 Å². The molecule has 0 spiro atoms. The normalized spacial score (nSPS) is 12.2. The van der Waals surface area contributed by atoms with Gasteiger partial charge in [0.05, 0.1) is 16.2 Å². The van der Waals surface area contributed by atoms with Crippen molar-refractivity contribution in [2.75, 3.05) is 25.5 Å². The molecule has 0 aromatic heterocycles. The molecule has 0 heterocycles. The van der Waals surface area contributed by atoms with E-state index in [0.717, 1.165) is 13.0 Å². The topological polar surface area (TPSA) is 95.7 Å². The molecule has 0 aliphatic carbocycles. The van der Waals surface area contributed by atoms with Crippen molar-refractivity contribution in [1.29, 1.82) is 0 Å². The number of aromatic carboxylic acids is 1. The van der Waals surface area contributed by atoms with Crippen molar-refractivity contribution in [1.82, 2.24) is 4.90 Å². The van der Waals surface area contributed by atoms with Gasteiger partial charge in [-0.15, -0.1) is 0 Å². The van der Waals surface area contributed by atoms with Crippen molar-refractivity contribution in [3.8, 4) is 0 Å². The second kappa shape index (κ2) is 7.58. The molecule has 2 N–H and O–H groups in total. The van der Waals surface area contributed by atoms with E-state index in [0.29, 0.717) is 12.6 Å². The first-order valence-corrected chi connectivity index (χ1v) is 6.82. The van der Waals surface area contributed by atoms with Crippen LogP contribution in [-0.2, 0) is 0 Å². The standard InChI is InChI=1S/C14H21N3O4/c1-4-10(2)16(3)8-7-15-13-9-11(17(20)21)5-6-12(13)14(18)19/h5-6,9-10,15H,4,7-8H2,1-3H3,(H,18,19). The zero-order valence-electron chi connectivity index (χ0n) is 12.5. The number of carbonyl (C=O) groups is 1. The maximum absolute atomic E-state index is 11.1. The summed E-state index contributed by atoms with van der Waals surface area (Å²) in [5, 5.41) is 22.8. The van der Waals surface area contributed by atoms with Crippen molar-refractivity contribution in [3.05, 3.63) is 33.9 Å². The molecule has 1 aromatic carbocycles. The van der Waals surface area contributed by atoms with Gasteiger partial charge in [-0.25, -0.2) is 4.79 Å². The Morgan fingerprint density at radius 2 is 2.19 bits per heavy atom. The maximum Gasteiger partial charge on any atom is 0.337 e. The van der Waals surface area contributed by atoms with E-state index in [-0.39, 0.29) is 16.9 Å². The Bertz CT molecular complexity index is 519. The third-order valence-corrected chi connectivity index (χ3v) is 3.57. The average Bonchev–Trinajstić information content (AvgIpc) is 2.45. The minimum absolute atomic E-state index is 0.0341. The first kappa shape index (κ1) is 16.9. The lowest BCUT2D eigenvalue weighted by atomic mass is 10.1. The fourth-order valence-electron chi connectivity index (χ4n) is 1.88. The molecule has 1 rings (SSSR count). The lowest BCUT2D eigenvalue weighted by Crippen LogP contribution is -2.32. The summed E-state index contributed by atoms with van der Waals surface area (Å²) in [5.41, 5.74) is 0.179. The fourth-order valence-corrected chi connectivity index (χ4v) is 1.88. The Hall–Kier alpha value is -2.15.